The highest BCUT2D eigenvalue weighted by Gasteiger charge is 2.08. The molecule has 0 saturated carbocycles. The number of aromatic nitrogens is 1. The van der Waals surface area contributed by atoms with Crippen LogP contribution in [0.1, 0.15) is 20.7 Å². The topological polar surface area (TPSA) is 88.5 Å². The highest BCUT2D eigenvalue weighted by molar-refractivity contribution is 6.03. The summed E-state index contributed by atoms with van der Waals surface area (Å²) in [6, 6.07) is 9.41. The zero-order valence-corrected chi connectivity index (χ0v) is 10.7. The molecule has 1 aromatic carbocycles. The molecule has 102 valence electrons. The molecular weight excluding hydrogens is 260 g/mol. The normalized spacial score (nSPS) is 9.85. The number of rotatable bonds is 4. The Morgan fingerprint density at radius 3 is 2.25 bits per heavy atom. The number of ether oxygens (including phenoxy) is 1. The van der Waals surface area contributed by atoms with Crippen LogP contribution < -0.4 is 10.1 Å². The summed E-state index contributed by atoms with van der Waals surface area (Å²) >= 11 is 0. The Morgan fingerprint density at radius 2 is 1.75 bits per heavy atom. The number of carbonyl (C=O) groups is 2. The molecule has 0 aliphatic rings. The lowest BCUT2D eigenvalue weighted by molar-refractivity contribution is 0.0696. The monoisotopic (exact) mass is 272 g/mol. The number of hydrogen-bond acceptors (Lipinski definition) is 4. The Balaban J connectivity index is 2.08. The number of carboxylic acids is 1. The van der Waals surface area contributed by atoms with Gasteiger partial charge >= 0.3 is 5.97 Å². The Morgan fingerprint density at radius 1 is 1.10 bits per heavy atom. The van der Waals surface area contributed by atoms with Gasteiger partial charge in [0.1, 0.15) is 11.6 Å². The molecule has 0 aliphatic carbocycles. The van der Waals surface area contributed by atoms with Crippen LogP contribution >= 0.6 is 0 Å². The zero-order chi connectivity index (χ0) is 14.5. The van der Waals surface area contributed by atoms with Gasteiger partial charge in [-0.15, -0.1) is 0 Å². The van der Waals surface area contributed by atoms with Crippen molar-refractivity contribution < 1.29 is 19.4 Å². The maximum absolute atomic E-state index is 11.9. The maximum Gasteiger partial charge on any atom is 0.337 e. The molecule has 6 nitrogen and oxygen atoms in total. The van der Waals surface area contributed by atoms with E-state index in [2.05, 4.69) is 10.3 Å². The first-order valence-corrected chi connectivity index (χ1v) is 5.75. The summed E-state index contributed by atoms with van der Waals surface area (Å²) < 4.78 is 5.00. The number of nitrogens with zero attached hydrogens (tertiary/aromatic N) is 1. The molecule has 0 fully saturated rings. The second-order valence-electron chi connectivity index (χ2n) is 3.92. The Kier molecular flexibility index (Phi) is 3.95. The molecule has 2 N–H and O–H groups in total. The van der Waals surface area contributed by atoms with Gasteiger partial charge in [-0.05, 0) is 36.4 Å². The molecule has 0 bridgehead atoms. The number of benzene rings is 1. The van der Waals surface area contributed by atoms with Crippen LogP contribution in [0.2, 0.25) is 0 Å². The summed E-state index contributed by atoms with van der Waals surface area (Å²) in [6.07, 6.45) is 1.19. The number of hydrogen-bond donors (Lipinski definition) is 2. The van der Waals surface area contributed by atoms with Crippen LogP contribution in [0.4, 0.5) is 5.82 Å². The van der Waals surface area contributed by atoms with Crippen molar-refractivity contribution in [3.8, 4) is 5.75 Å². The van der Waals surface area contributed by atoms with Crippen LogP contribution in [-0.4, -0.2) is 29.1 Å². The molecular formula is C14H12N2O4. The van der Waals surface area contributed by atoms with Crippen LogP contribution in [0.15, 0.2) is 42.6 Å². The van der Waals surface area contributed by atoms with Crippen LogP contribution in [0, 0.1) is 0 Å². The van der Waals surface area contributed by atoms with Gasteiger partial charge in [0.05, 0.1) is 12.7 Å². The molecule has 0 unspecified atom stereocenters. The quantitative estimate of drug-likeness (QED) is 0.889. The number of aromatic carboxylic acids is 1. The van der Waals surface area contributed by atoms with Crippen molar-refractivity contribution >= 4 is 17.7 Å². The third-order valence-electron chi connectivity index (χ3n) is 2.60. The lowest BCUT2D eigenvalue weighted by Gasteiger charge is -2.05. The third kappa shape index (κ3) is 3.11. The van der Waals surface area contributed by atoms with Gasteiger partial charge in [0, 0.05) is 11.8 Å². The molecule has 0 atom stereocenters. The van der Waals surface area contributed by atoms with E-state index in [1.165, 1.54) is 18.3 Å². The number of pyridine rings is 1. The van der Waals surface area contributed by atoms with Crippen LogP contribution in [-0.2, 0) is 0 Å². The molecule has 0 aliphatic heterocycles. The van der Waals surface area contributed by atoms with E-state index in [0.29, 0.717) is 11.3 Å². The van der Waals surface area contributed by atoms with Crippen molar-refractivity contribution in [3.63, 3.8) is 0 Å². The third-order valence-corrected chi connectivity index (χ3v) is 2.60. The first kappa shape index (κ1) is 13.5. The van der Waals surface area contributed by atoms with Gasteiger partial charge in [-0.3, -0.25) is 4.79 Å². The van der Waals surface area contributed by atoms with Gasteiger partial charge in [-0.25, -0.2) is 9.78 Å². The molecule has 2 aromatic rings. The number of carbonyl (C=O) groups excluding carboxylic acids is 1. The number of nitrogens with one attached hydrogen (secondary N) is 1. The van der Waals surface area contributed by atoms with E-state index in [9.17, 15) is 9.59 Å². The average Bonchev–Trinajstić information content (AvgIpc) is 2.48. The zero-order valence-electron chi connectivity index (χ0n) is 10.7. The van der Waals surface area contributed by atoms with Crippen molar-refractivity contribution in [1.82, 2.24) is 4.98 Å². The molecule has 6 heteroatoms. The second kappa shape index (κ2) is 5.83. The van der Waals surface area contributed by atoms with E-state index < -0.39 is 5.97 Å². The fourth-order valence-electron chi connectivity index (χ4n) is 1.53. The number of amides is 1. The van der Waals surface area contributed by atoms with Gasteiger partial charge in [-0.1, -0.05) is 0 Å². The van der Waals surface area contributed by atoms with E-state index in [-0.39, 0.29) is 17.3 Å². The molecule has 0 spiro atoms. The summed E-state index contributed by atoms with van der Waals surface area (Å²) in [7, 11) is 1.54. The fourth-order valence-corrected chi connectivity index (χ4v) is 1.53. The summed E-state index contributed by atoms with van der Waals surface area (Å²) in [4.78, 5) is 26.5. The van der Waals surface area contributed by atoms with Crippen LogP contribution in [0.5, 0.6) is 5.75 Å². The minimum Gasteiger partial charge on any atom is -0.497 e. The van der Waals surface area contributed by atoms with E-state index in [1.807, 2.05) is 0 Å². The van der Waals surface area contributed by atoms with Crippen molar-refractivity contribution in [1.29, 1.82) is 0 Å². The Bertz CT molecular complexity index is 621. The average molecular weight is 272 g/mol. The second-order valence-corrected chi connectivity index (χ2v) is 3.92. The van der Waals surface area contributed by atoms with E-state index in [1.54, 1.807) is 31.4 Å². The summed E-state index contributed by atoms with van der Waals surface area (Å²) in [5, 5.41) is 11.3. The smallest absolute Gasteiger partial charge is 0.337 e. The summed E-state index contributed by atoms with van der Waals surface area (Å²) in [5.74, 6) is -0.449. The number of methoxy groups -OCH3 is 1. The fraction of sp³-hybridized carbons (Fsp3) is 0.0714. The Hall–Kier alpha value is -2.89. The number of anilines is 1. The number of carboxylic acid groups (broad SMARTS) is 1. The van der Waals surface area contributed by atoms with Gasteiger partial charge in [0.15, 0.2) is 0 Å². The van der Waals surface area contributed by atoms with E-state index >= 15 is 0 Å². The largest absolute Gasteiger partial charge is 0.497 e. The summed E-state index contributed by atoms with van der Waals surface area (Å²) in [5.41, 5.74) is 0.516. The molecule has 1 heterocycles. The van der Waals surface area contributed by atoms with Crippen molar-refractivity contribution in [2.45, 2.75) is 0 Å². The predicted molar refractivity (Wildman–Crippen MR) is 72.1 cm³/mol. The lowest BCUT2D eigenvalue weighted by Crippen LogP contribution is -2.13. The minimum atomic E-state index is -1.06. The van der Waals surface area contributed by atoms with Gasteiger partial charge in [0.2, 0.25) is 0 Å². The maximum atomic E-state index is 11.9. The van der Waals surface area contributed by atoms with Gasteiger partial charge < -0.3 is 15.2 Å². The van der Waals surface area contributed by atoms with Crippen molar-refractivity contribution in [2.75, 3.05) is 12.4 Å². The molecule has 20 heavy (non-hydrogen) atoms. The lowest BCUT2D eigenvalue weighted by atomic mass is 10.2. The van der Waals surface area contributed by atoms with Crippen LogP contribution in [0.25, 0.3) is 0 Å². The standard InChI is InChI=1S/C14H12N2O4/c1-20-11-5-2-9(3-6-11)13(17)16-12-7-4-10(8-15-12)14(18)19/h2-8H,1H3,(H,18,19)(H,15,16,17). The molecule has 0 radical (unpaired) electrons. The van der Waals surface area contributed by atoms with Crippen molar-refractivity contribution in [2.24, 2.45) is 0 Å². The van der Waals surface area contributed by atoms with E-state index in [4.69, 9.17) is 9.84 Å². The highest BCUT2D eigenvalue weighted by atomic mass is 16.5. The van der Waals surface area contributed by atoms with Crippen LogP contribution in [0.3, 0.4) is 0 Å². The first-order valence-electron chi connectivity index (χ1n) is 5.75. The molecule has 1 amide bonds. The Labute approximate surface area is 115 Å². The SMILES string of the molecule is COc1ccc(C(=O)Nc2ccc(C(=O)O)cn2)cc1. The first-order chi connectivity index (χ1) is 9.60. The summed E-state index contributed by atoms with van der Waals surface area (Å²) in [6.45, 7) is 0. The molecule has 1 aromatic heterocycles. The van der Waals surface area contributed by atoms with Gasteiger partial charge in [0.25, 0.3) is 5.91 Å². The minimum absolute atomic E-state index is 0.0625. The molecule has 2 rings (SSSR count). The highest BCUT2D eigenvalue weighted by Crippen LogP contribution is 2.13. The van der Waals surface area contributed by atoms with Gasteiger partial charge in [-0.2, -0.15) is 0 Å². The molecule has 0 saturated heterocycles. The van der Waals surface area contributed by atoms with Crippen molar-refractivity contribution in [3.05, 3.63) is 53.7 Å². The predicted octanol–water partition coefficient (Wildman–Crippen LogP) is 2.04. The van der Waals surface area contributed by atoms with E-state index in [0.717, 1.165) is 0 Å².